The molecule has 0 amide bonds. The topological polar surface area (TPSA) is 99.8 Å². The molecule has 1 aliphatic carbocycles. The number of nitrogens with two attached hydrogens (primary N) is 1. The van der Waals surface area contributed by atoms with Gasteiger partial charge in [0.05, 0.1) is 18.4 Å². The molecule has 110 valence electrons. The summed E-state index contributed by atoms with van der Waals surface area (Å²) in [5.41, 5.74) is 6.32. The SMILES string of the molecule is NCc1cn(Cc2nn3c(C4CCCC4)nnc3s2)nn1. The first-order valence-electron chi connectivity index (χ1n) is 7.13. The normalized spacial score (nSPS) is 16.2. The maximum Gasteiger partial charge on any atom is 0.234 e. The Balaban J connectivity index is 1.61. The van der Waals surface area contributed by atoms with Crippen molar-refractivity contribution in [1.82, 2.24) is 34.8 Å². The minimum absolute atomic E-state index is 0.400. The third-order valence-corrected chi connectivity index (χ3v) is 4.75. The molecule has 3 aromatic heterocycles. The average molecular weight is 304 g/mol. The van der Waals surface area contributed by atoms with Crippen LogP contribution in [0.4, 0.5) is 0 Å². The van der Waals surface area contributed by atoms with Crippen molar-refractivity contribution < 1.29 is 0 Å². The van der Waals surface area contributed by atoms with Gasteiger partial charge in [-0.1, -0.05) is 29.4 Å². The third-order valence-electron chi connectivity index (χ3n) is 3.87. The molecule has 0 spiro atoms. The highest BCUT2D eigenvalue weighted by molar-refractivity contribution is 7.16. The van der Waals surface area contributed by atoms with E-state index in [-0.39, 0.29) is 0 Å². The van der Waals surface area contributed by atoms with Crippen molar-refractivity contribution in [3.05, 3.63) is 22.7 Å². The Morgan fingerprint density at radius 3 is 2.86 bits per heavy atom. The molecular formula is C12H16N8S. The lowest BCUT2D eigenvalue weighted by Gasteiger charge is -2.03. The van der Waals surface area contributed by atoms with Gasteiger partial charge in [-0.05, 0) is 12.8 Å². The van der Waals surface area contributed by atoms with E-state index in [1.165, 1.54) is 25.7 Å². The van der Waals surface area contributed by atoms with Crippen molar-refractivity contribution in [3.63, 3.8) is 0 Å². The van der Waals surface area contributed by atoms with Crippen LogP contribution in [-0.2, 0) is 13.1 Å². The standard InChI is InChI=1S/C12H16N8S/c13-5-9-6-19(18-14-9)7-10-17-20-11(8-3-1-2-4-8)15-16-12(20)21-10/h6,8H,1-5,7,13H2. The van der Waals surface area contributed by atoms with E-state index in [0.29, 0.717) is 19.0 Å². The van der Waals surface area contributed by atoms with Gasteiger partial charge in [0.15, 0.2) is 5.82 Å². The molecule has 0 saturated heterocycles. The van der Waals surface area contributed by atoms with Crippen LogP contribution < -0.4 is 5.73 Å². The summed E-state index contributed by atoms with van der Waals surface area (Å²) in [5.74, 6) is 1.51. The molecular weight excluding hydrogens is 288 g/mol. The largest absolute Gasteiger partial charge is 0.325 e. The molecule has 0 bridgehead atoms. The highest BCUT2D eigenvalue weighted by Crippen LogP contribution is 2.33. The maximum absolute atomic E-state index is 5.54. The summed E-state index contributed by atoms with van der Waals surface area (Å²) in [4.78, 5) is 0.853. The van der Waals surface area contributed by atoms with E-state index in [0.717, 1.165) is 21.5 Å². The smallest absolute Gasteiger partial charge is 0.234 e. The minimum atomic E-state index is 0.400. The number of nitrogens with zero attached hydrogens (tertiary/aromatic N) is 7. The fraction of sp³-hybridized carbons (Fsp3) is 0.583. The van der Waals surface area contributed by atoms with Crippen LogP contribution in [0.15, 0.2) is 6.20 Å². The second-order valence-corrected chi connectivity index (χ2v) is 6.38. The molecule has 3 aromatic rings. The molecule has 9 heteroatoms. The number of hydrogen-bond donors (Lipinski definition) is 1. The average Bonchev–Trinajstić information content (AvgIpc) is 3.22. The summed E-state index contributed by atoms with van der Waals surface area (Å²) >= 11 is 1.55. The van der Waals surface area contributed by atoms with Crippen LogP contribution in [0.25, 0.3) is 4.96 Å². The number of fused-ring (bicyclic) bond motifs is 1. The predicted octanol–water partition coefficient (Wildman–Crippen LogP) is 0.942. The molecule has 21 heavy (non-hydrogen) atoms. The van der Waals surface area contributed by atoms with Crippen LogP contribution in [0.1, 0.15) is 48.1 Å². The summed E-state index contributed by atoms with van der Waals surface area (Å²) in [6, 6.07) is 0. The molecule has 0 aromatic carbocycles. The zero-order valence-corrected chi connectivity index (χ0v) is 12.3. The van der Waals surface area contributed by atoms with Crippen LogP contribution in [0.2, 0.25) is 0 Å². The minimum Gasteiger partial charge on any atom is -0.325 e. The van der Waals surface area contributed by atoms with Crippen molar-refractivity contribution in [2.24, 2.45) is 5.73 Å². The van der Waals surface area contributed by atoms with Crippen LogP contribution in [0.5, 0.6) is 0 Å². The summed E-state index contributed by atoms with van der Waals surface area (Å²) in [6.45, 7) is 0.988. The molecule has 0 unspecified atom stereocenters. The Hall–Kier alpha value is -1.87. The van der Waals surface area contributed by atoms with E-state index in [1.54, 1.807) is 16.0 Å². The van der Waals surface area contributed by atoms with Gasteiger partial charge in [0.2, 0.25) is 4.96 Å². The van der Waals surface area contributed by atoms with Crippen LogP contribution in [0.3, 0.4) is 0 Å². The van der Waals surface area contributed by atoms with E-state index in [2.05, 4.69) is 25.6 Å². The summed E-state index contributed by atoms with van der Waals surface area (Å²) in [7, 11) is 0. The Labute approximate surface area is 125 Å². The highest BCUT2D eigenvalue weighted by Gasteiger charge is 2.24. The van der Waals surface area contributed by atoms with Gasteiger partial charge >= 0.3 is 0 Å². The monoisotopic (exact) mass is 304 g/mol. The quantitative estimate of drug-likeness (QED) is 0.770. The van der Waals surface area contributed by atoms with E-state index in [4.69, 9.17) is 5.73 Å². The lowest BCUT2D eigenvalue weighted by atomic mass is 10.1. The molecule has 0 radical (unpaired) electrons. The Bertz CT molecular complexity index is 750. The van der Waals surface area contributed by atoms with Crippen molar-refractivity contribution in [2.45, 2.75) is 44.7 Å². The second-order valence-electron chi connectivity index (χ2n) is 5.34. The number of hydrogen-bond acceptors (Lipinski definition) is 7. The van der Waals surface area contributed by atoms with E-state index < -0.39 is 0 Å². The Morgan fingerprint density at radius 1 is 1.24 bits per heavy atom. The van der Waals surface area contributed by atoms with Gasteiger partial charge in [-0.2, -0.15) is 9.61 Å². The summed E-state index contributed by atoms with van der Waals surface area (Å²) in [6.07, 6.45) is 6.78. The Kier molecular flexibility index (Phi) is 3.15. The molecule has 0 atom stereocenters. The first kappa shape index (κ1) is 12.8. The van der Waals surface area contributed by atoms with Gasteiger partial charge in [-0.3, -0.25) is 0 Å². The summed E-state index contributed by atoms with van der Waals surface area (Å²) in [5, 5.41) is 22.2. The van der Waals surface area contributed by atoms with Gasteiger partial charge in [-0.25, -0.2) is 4.68 Å². The molecule has 0 aliphatic heterocycles. The van der Waals surface area contributed by atoms with Gasteiger partial charge in [0.25, 0.3) is 0 Å². The third kappa shape index (κ3) is 2.32. The molecule has 1 aliphatic rings. The Morgan fingerprint density at radius 2 is 2.10 bits per heavy atom. The predicted molar refractivity (Wildman–Crippen MR) is 76.9 cm³/mol. The van der Waals surface area contributed by atoms with Crippen LogP contribution >= 0.6 is 11.3 Å². The molecule has 1 fully saturated rings. The number of aromatic nitrogens is 7. The zero-order chi connectivity index (χ0) is 14.2. The molecule has 3 heterocycles. The van der Waals surface area contributed by atoms with Gasteiger partial charge < -0.3 is 5.73 Å². The van der Waals surface area contributed by atoms with Crippen molar-refractivity contribution in [1.29, 1.82) is 0 Å². The maximum atomic E-state index is 5.54. The van der Waals surface area contributed by atoms with Crippen molar-refractivity contribution in [3.8, 4) is 0 Å². The lowest BCUT2D eigenvalue weighted by molar-refractivity contribution is 0.617. The summed E-state index contributed by atoms with van der Waals surface area (Å²) < 4.78 is 3.65. The first-order valence-corrected chi connectivity index (χ1v) is 7.95. The fourth-order valence-electron chi connectivity index (χ4n) is 2.82. The molecule has 1 saturated carbocycles. The first-order chi connectivity index (χ1) is 10.3. The van der Waals surface area contributed by atoms with E-state index in [9.17, 15) is 0 Å². The molecule has 8 nitrogen and oxygen atoms in total. The van der Waals surface area contributed by atoms with Gasteiger partial charge in [0, 0.05) is 12.5 Å². The molecule has 2 N–H and O–H groups in total. The van der Waals surface area contributed by atoms with Gasteiger partial charge in [0.1, 0.15) is 5.01 Å². The van der Waals surface area contributed by atoms with Crippen LogP contribution in [0, 0.1) is 0 Å². The van der Waals surface area contributed by atoms with Crippen molar-refractivity contribution in [2.75, 3.05) is 0 Å². The molecule has 4 rings (SSSR count). The lowest BCUT2D eigenvalue weighted by Crippen LogP contribution is -2.04. The second kappa shape index (κ2) is 5.15. The zero-order valence-electron chi connectivity index (χ0n) is 11.5. The number of rotatable bonds is 4. The van der Waals surface area contributed by atoms with E-state index in [1.807, 2.05) is 10.7 Å². The van der Waals surface area contributed by atoms with Gasteiger partial charge in [-0.15, -0.1) is 15.3 Å². The van der Waals surface area contributed by atoms with Crippen LogP contribution in [-0.4, -0.2) is 34.8 Å². The highest BCUT2D eigenvalue weighted by atomic mass is 32.1. The fourth-order valence-corrected chi connectivity index (χ4v) is 3.65. The van der Waals surface area contributed by atoms with E-state index >= 15 is 0 Å². The van der Waals surface area contributed by atoms with Crippen molar-refractivity contribution >= 4 is 16.3 Å².